The standard InChI is InChI=1S/C12H22N2O2S/c1-10(11(2)16)9-17-8-3-5-12(13)14-6-4-7-15/h7,10H,3-6,8-9H2,1-2H3,(H2,13,14). The van der Waals surface area contributed by atoms with E-state index in [9.17, 15) is 9.59 Å². The number of hydrogen-bond acceptors (Lipinski definition) is 4. The van der Waals surface area contributed by atoms with E-state index >= 15 is 0 Å². The third-order valence-corrected chi connectivity index (χ3v) is 3.66. The number of aldehydes is 1. The Labute approximate surface area is 107 Å². The molecule has 0 spiro atoms. The summed E-state index contributed by atoms with van der Waals surface area (Å²) >= 11 is 1.77. The molecule has 0 saturated heterocycles. The van der Waals surface area contributed by atoms with E-state index in [2.05, 4.69) is 4.99 Å². The van der Waals surface area contributed by atoms with Gasteiger partial charge in [0.25, 0.3) is 0 Å². The van der Waals surface area contributed by atoms with Crippen LogP contribution in [0.3, 0.4) is 0 Å². The average Bonchev–Trinajstić information content (AvgIpc) is 2.28. The molecule has 0 aliphatic rings. The van der Waals surface area contributed by atoms with Crippen LogP contribution < -0.4 is 5.73 Å². The summed E-state index contributed by atoms with van der Waals surface area (Å²) in [6.07, 6.45) is 3.01. The lowest BCUT2D eigenvalue weighted by molar-refractivity contribution is -0.119. The molecule has 2 N–H and O–H groups in total. The molecule has 0 aromatic rings. The van der Waals surface area contributed by atoms with Crippen molar-refractivity contribution in [2.45, 2.75) is 33.1 Å². The molecule has 1 atom stereocenters. The molecule has 5 heteroatoms. The SMILES string of the molecule is CC(=O)C(C)CSCCCC(N)=NCCC=O. The fourth-order valence-corrected chi connectivity index (χ4v) is 2.18. The molecule has 0 radical (unpaired) electrons. The van der Waals surface area contributed by atoms with Crippen molar-refractivity contribution >= 4 is 29.7 Å². The van der Waals surface area contributed by atoms with E-state index in [1.807, 2.05) is 6.92 Å². The van der Waals surface area contributed by atoms with Crippen molar-refractivity contribution in [3.63, 3.8) is 0 Å². The fraction of sp³-hybridized carbons (Fsp3) is 0.750. The van der Waals surface area contributed by atoms with E-state index < -0.39 is 0 Å². The van der Waals surface area contributed by atoms with Crippen LogP contribution in [-0.4, -0.2) is 36.0 Å². The lowest BCUT2D eigenvalue weighted by atomic mass is 10.1. The minimum Gasteiger partial charge on any atom is -0.387 e. The molecule has 0 aliphatic carbocycles. The average molecular weight is 258 g/mol. The topological polar surface area (TPSA) is 72.5 Å². The minimum absolute atomic E-state index is 0.138. The van der Waals surface area contributed by atoms with Gasteiger partial charge in [0.2, 0.25) is 0 Å². The first-order valence-corrected chi connectivity index (χ1v) is 7.04. The minimum atomic E-state index is 0.138. The van der Waals surface area contributed by atoms with Crippen LogP contribution in [0, 0.1) is 5.92 Å². The Balaban J connectivity index is 3.47. The van der Waals surface area contributed by atoms with Gasteiger partial charge in [-0.2, -0.15) is 11.8 Å². The molecule has 0 aromatic carbocycles. The maximum Gasteiger partial charge on any atom is 0.133 e. The Morgan fingerprint density at radius 3 is 2.82 bits per heavy atom. The fourth-order valence-electron chi connectivity index (χ4n) is 1.07. The number of ketones is 1. The molecule has 17 heavy (non-hydrogen) atoms. The monoisotopic (exact) mass is 258 g/mol. The van der Waals surface area contributed by atoms with Gasteiger partial charge in [-0.25, -0.2) is 0 Å². The highest BCUT2D eigenvalue weighted by atomic mass is 32.2. The molecule has 0 aromatic heterocycles. The Bertz CT molecular complexity index is 267. The van der Waals surface area contributed by atoms with Crippen LogP contribution in [0.1, 0.15) is 33.1 Å². The first-order chi connectivity index (χ1) is 8.07. The second-order valence-electron chi connectivity index (χ2n) is 4.02. The Kier molecular flexibility index (Phi) is 9.81. The van der Waals surface area contributed by atoms with Crippen LogP contribution in [0.15, 0.2) is 4.99 Å². The first-order valence-electron chi connectivity index (χ1n) is 5.88. The predicted molar refractivity (Wildman–Crippen MR) is 73.6 cm³/mol. The van der Waals surface area contributed by atoms with Gasteiger partial charge in [0.1, 0.15) is 12.1 Å². The second-order valence-corrected chi connectivity index (χ2v) is 5.17. The number of thioether (sulfide) groups is 1. The van der Waals surface area contributed by atoms with Crippen LogP contribution in [0.5, 0.6) is 0 Å². The predicted octanol–water partition coefficient (Wildman–Crippen LogP) is 1.67. The summed E-state index contributed by atoms with van der Waals surface area (Å²) in [6.45, 7) is 4.07. The van der Waals surface area contributed by atoms with Gasteiger partial charge in [-0.15, -0.1) is 0 Å². The molecule has 0 bridgehead atoms. The highest BCUT2D eigenvalue weighted by molar-refractivity contribution is 7.99. The number of hydrogen-bond donors (Lipinski definition) is 1. The lowest BCUT2D eigenvalue weighted by Gasteiger charge is -2.06. The third-order valence-electron chi connectivity index (χ3n) is 2.35. The molecule has 0 rings (SSSR count). The zero-order chi connectivity index (χ0) is 13.1. The number of nitrogens with zero attached hydrogens (tertiary/aromatic N) is 1. The summed E-state index contributed by atoms with van der Waals surface area (Å²) in [5.41, 5.74) is 5.68. The van der Waals surface area contributed by atoms with Crippen molar-refractivity contribution < 1.29 is 9.59 Å². The molecule has 0 amide bonds. The van der Waals surface area contributed by atoms with Crippen molar-refractivity contribution in [2.75, 3.05) is 18.1 Å². The van der Waals surface area contributed by atoms with Gasteiger partial charge in [-0.1, -0.05) is 6.92 Å². The van der Waals surface area contributed by atoms with Gasteiger partial charge >= 0.3 is 0 Å². The summed E-state index contributed by atoms with van der Waals surface area (Å²) in [7, 11) is 0. The maximum atomic E-state index is 11.0. The van der Waals surface area contributed by atoms with E-state index in [4.69, 9.17) is 5.73 Å². The number of carbonyl (C=O) groups excluding carboxylic acids is 2. The van der Waals surface area contributed by atoms with Gasteiger partial charge in [0, 0.05) is 31.1 Å². The van der Waals surface area contributed by atoms with Crippen molar-refractivity contribution in [2.24, 2.45) is 16.6 Å². The molecule has 0 saturated carbocycles. The summed E-state index contributed by atoms with van der Waals surface area (Å²) in [6, 6.07) is 0. The normalized spacial score (nSPS) is 13.4. The number of nitrogens with two attached hydrogens (primary N) is 1. The van der Waals surface area contributed by atoms with Crippen LogP contribution in [0.4, 0.5) is 0 Å². The van der Waals surface area contributed by atoms with Crippen LogP contribution in [-0.2, 0) is 9.59 Å². The molecule has 0 heterocycles. The van der Waals surface area contributed by atoms with Crippen LogP contribution in [0.25, 0.3) is 0 Å². The Morgan fingerprint density at radius 1 is 1.53 bits per heavy atom. The van der Waals surface area contributed by atoms with E-state index in [0.717, 1.165) is 30.6 Å². The summed E-state index contributed by atoms with van der Waals surface area (Å²) in [5, 5.41) is 0. The smallest absolute Gasteiger partial charge is 0.133 e. The molecule has 0 aliphatic heterocycles. The summed E-state index contributed by atoms with van der Waals surface area (Å²) < 4.78 is 0. The number of aliphatic imine (C=N–C) groups is 1. The van der Waals surface area contributed by atoms with Crippen molar-refractivity contribution in [1.82, 2.24) is 0 Å². The van der Waals surface area contributed by atoms with E-state index in [-0.39, 0.29) is 11.7 Å². The number of amidine groups is 1. The highest BCUT2D eigenvalue weighted by Crippen LogP contribution is 2.11. The van der Waals surface area contributed by atoms with Crippen LogP contribution >= 0.6 is 11.8 Å². The molecule has 4 nitrogen and oxygen atoms in total. The summed E-state index contributed by atoms with van der Waals surface area (Å²) in [4.78, 5) is 25.1. The largest absolute Gasteiger partial charge is 0.387 e. The van der Waals surface area contributed by atoms with Gasteiger partial charge < -0.3 is 10.5 Å². The van der Waals surface area contributed by atoms with E-state index in [1.54, 1.807) is 18.7 Å². The first kappa shape index (κ1) is 16.2. The lowest BCUT2D eigenvalue weighted by Crippen LogP contribution is -2.13. The van der Waals surface area contributed by atoms with Crippen molar-refractivity contribution in [3.05, 3.63) is 0 Å². The Morgan fingerprint density at radius 2 is 2.24 bits per heavy atom. The maximum absolute atomic E-state index is 11.0. The number of Topliss-reactive ketones (excluding diaryl/α,β-unsaturated/α-hetero) is 1. The van der Waals surface area contributed by atoms with Crippen LogP contribution in [0.2, 0.25) is 0 Å². The van der Waals surface area contributed by atoms with E-state index in [0.29, 0.717) is 18.8 Å². The van der Waals surface area contributed by atoms with Gasteiger partial charge in [0.05, 0.1) is 5.84 Å². The third kappa shape index (κ3) is 10.1. The van der Waals surface area contributed by atoms with Crippen molar-refractivity contribution in [1.29, 1.82) is 0 Å². The number of rotatable bonds is 10. The van der Waals surface area contributed by atoms with E-state index in [1.165, 1.54) is 0 Å². The Hall–Kier alpha value is -0.840. The zero-order valence-corrected chi connectivity index (χ0v) is 11.5. The molecule has 1 unspecified atom stereocenters. The van der Waals surface area contributed by atoms with Gasteiger partial charge in [-0.3, -0.25) is 9.79 Å². The van der Waals surface area contributed by atoms with Crippen molar-refractivity contribution in [3.8, 4) is 0 Å². The number of carbonyl (C=O) groups is 2. The highest BCUT2D eigenvalue weighted by Gasteiger charge is 2.06. The molecule has 98 valence electrons. The second kappa shape index (κ2) is 10.3. The van der Waals surface area contributed by atoms with Gasteiger partial charge in [-0.05, 0) is 19.1 Å². The molecule has 0 fully saturated rings. The molecular weight excluding hydrogens is 236 g/mol. The quantitative estimate of drug-likeness (QED) is 0.280. The summed E-state index contributed by atoms with van der Waals surface area (Å²) in [5.74, 6) is 2.86. The zero-order valence-electron chi connectivity index (χ0n) is 10.6. The molecular formula is C12H22N2O2S. The van der Waals surface area contributed by atoms with Gasteiger partial charge in [0.15, 0.2) is 0 Å².